The summed E-state index contributed by atoms with van der Waals surface area (Å²) in [6.07, 6.45) is 2.03. The Balaban J connectivity index is 2.64. The lowest BCUT2D eigenvalue weighted by molar-refractivity contribution is -0.151. The summed E-state index contributed by atoms with van der Waals surface area (Å²) >= 11 is 0. The average Bonchev–Trinajstić information content (AvgIpc) is 3.13. The summed E-state index contributed by atoms with van der Waals surface area (Å²) in [5.74, 6) is -0.0160. The summed E-state index contributed by atoms with van der Waals surface area (Å²) in [6.45, 7) is 5.38. The maximum Gasteiger partial charge on any atom is 0.327 e. The van der Waals surface area contributed by atoms with Crippen molar-refractivity contribution >= 4 is 5.97 Å². The summed E-state index contributed by atoms with van der Waals surface area (Å²) in [4.78, 5) is 14.1. The lowest BCUT2D eigenvalue weighted by Gasteiger charge is -2.34. The van der Waals surface area contributed by atoms with Crippen LogP contribution in [0.4, 0.5) is 0 Å². The highest BCUT2D eigenvalue weighted by molar-refractivity contribution is 5.82. The first-order valence-electron chi connectivity index (χ1n) is 6.61. The zero-order valence-electron chi connectivity index (χ0n) is 11.9. The van der Waals surface area contributed by atoms with Gasteiger partial charge < -0.3 is 15.2 Å². The fourth-order valence-electron chi connectivity index (χ4n) is 2.16. The van der Waals surface area contributed by atoms with Crippen LogP contribution in [-0.4, -0.2) is 56.4 Å². The first kappa shape index (κ1) is 15.4. The number of likely N-dealkylation sites (N-methyl/N-ethyl adjacent to an activating group) is 1. The van der Waals surface area contributed by atoms with E-state index < -0.39 is 5.54 Å². The van der Waals surface area contributed by atoms with E-state index in [9.17, 15) is 4.79 Å². The number of carbonyl (C=O) groups excluding carboxylic acids is 1. The molecule has 0 spiro atoms. The highest BCUT2D eigenvalue weighted by Gasteiger charge is 2.50. The van der Waals surface area contributed by atoms with E-state index in [4.69, 9.17) is 15.2 Å². The van der Waals surface area contributed by atoms with Gasteiger partial charge in [0.05, 0.1) is 13.2 Å². The molecule has 0 heterocycles. The Morgan fingerprint density at radius 2 is 2.17 bits per heavy atom. The minimum Gasteiger partial charge on any atom is -0.465 e. The molecule has 1 aliphatic rings. The average molecular weight is 258 g/mol. The van der Waals surface area contributed by atoms with Crippen LogP contribution in [0.3, 0.4) is 0 Å². The molecule has 0 aromatic carbocycles. The standard InChI is InChI=1S/C13H26N2O3/c1-5-18-12(16)13(14,11-6-7-11)9-15(3)10(2)8-17-4/h10-11H,5-9,14H2,1-4H3. The molecule has 106 valence electrons. The van der Waals surface area contributed by atoms with Crippen LogP contribution in [0.2, 0.25) is 0 Å². The monoisotopic (exact) mass is 258 g/mol. The Hall–Kier alpha value is -0.650. The molecular weight excluding hydrogens is 232 g/mol. The molecule has 2 N–H and O–H groups in total. The smallest absolute Gasteiger partial charge is 0.327 e. The molecular formula is C13H26N2O3. The van der Waals surface area contributed by atoms with E-state index in [1.165, 1.54) is 0 Å². The second-order valence-electron chi connectivity index (χ2n) is 5.25. The minimum atomic E-state index is -0.868. The summed E-state index contributed by atoms with van der Waals surface area (Å²) in [7, 11) is 3.64. The third-order valence-corrected chi connectivity index (χ3v) is 3.63. The number of nitrogens with two attached hydrogens (primary N) is 1. The van der Waals surface area contributed by atoms with Gasteiger partial charge in [0.2, 0.25) is 0 Å². The molecule has 1 aliphatic carbocycles. The number of carbonyl (C=O) groups is 1. The van der Waals surface area contributed by atoms with Gasteiger partial charge in [0.25, 0.3) is 0 Å². The van der Waals surface area contributed by atoms with Crippen LogP contribution in [0.25, 0.3) is 0 Å². The van der Waals surface area contributed by atoms with Gasteiger partial charge in [-0.05, 0) is 39.7 Å². The van der Waals surface area contributed by atoms with Gasteiger partial charge in [-0.25, -0.2) is 4.79 Å². The first-order chi connectivity index (χ1) is 8.45. The van der Waals surface area contributed by atoms with Crippen LogP contribution in [-0.2, 0) is 14.3 Å². The number of nitrogens with zero attached hydrogens (tertiary/aromatic N) is 1. The van der Waals surface area contributed by atoms with Crippen molar-refractivity contribution in [3.8, 4) is 0 Å². The molecule has 5 heteroatoms. The van der Waals surface area contributed by atoms with E-state index in [1.54, 1.807) is 7.11 Å². The van der Waals surface area contributed by atoms with Crippen molar-refractivity contribution in [2.24, 2.45) is 11.7 Å². The zero-order chi connectivity index (χ0) is 13.8. The summed E-state index contributed by atoms with van der Waals surface area (Å²) in [6, 6.07) is 0.228. The highest BCUT2D eigenvalue weighted by Crippen LogP contribution is 2.39. The molecule has 0 radical (unpaired) electrons. The molecule has 0 aromatic rings. The van der Waals surface area contributed by atoms with Gasteiger partial charge in [-0.15, -0.1) is 0 Å². The quantitative estimate of drug-likeness (QED) is 0.647. The maximum atomic E-state index is 12.1. The second-order valence-corrected chi connectivity index (χ2v) is 5.25. The number of rotatable bonds is 8. The number of methoxy groups -OCH3 is 1. The largest absolute Gasteiger partial charge is 0.465 e. The second kappa shape index (κ2) is 6.50. The molecule has 0 saturated heterocycles. The molecule has 0 aliphatic heterocycles. The predicted molar refractivity (Wildman–Crippen MR) is 70.2 cm³/mol. The van der Waals surface area contributed by atoms with Crippen LogP contribution in [0, 0.1) is 5.92 Å². The third-order valence-electron chi connectivity index (χ3n) is 3.63. The normalized spacial score (nSPS) is 20.6. The lowest BCUT2D eigenvalue weighted by Crippen LogP contribution is -2.59. The van der Waals surface area contributed by atoms with Crippen LogP contribution in [0.1, 0.15) is 26.7 Å². The van der Waals surface area contributed by atoms with Crippen molar-refractivity contribution in [1.29, 1.82) is 0 Å². The minimum absolute atomic E-state index is 0.228. The van der Waals surface area contributed by atoms with Crippen LogP contribution >= 0.6 is 0 Å². The van der Waals surface area contributed by atoms with Gasteiger partial charge in [-0.2, -0.15) is 0 Å². The Kier molecular flexibility index (Phi) is 5.56. The maximum absolute atomic E-state index is 12.1. The molecule has 2 atom stereocenters. The molecule has 1 rings (SSSR count). The Bertz CT molecular complexity index is 281. The Morgan fingerprint density at radius 1 is 1.56 bits per heavy atom. The van der Waals surface area contributed by atoms with E-state index in [0.29, 0.717) is 19.8 Å². The molecule has 2 unspecified atom stereocenters. The molecule has 5 nitrogen and oxygen atoms in total. The van der Waals surface area contributed by atoms with E-state index in [1.807, 2.05) is 14.0 Å². The van der Waals surface area contributed by atoms with Crippen molar-refractivity contribution in [1.82, 2.24) is 4.90 Å². The van der Waals surface area contributed by atoms with Gasteiger partial charge in [0.1, 0.15) is 5.54 Å². The highest BCUT2D eigenvalue weighted by atomic mass is 16.5. The third kappa shape index (κ3) is 3.67. The molecule has 0 bridgehead atoms. The number of ether oxygens (including phenoxy) is 2. The van der Waals surface area contributed by atoms with E-state index in [2.05, 4.69) is 11.8 Å². The topological polar surface area (TPSA) is 64.8 Å². The lowest BCUT2D eigenvalue weighted by atomic mass is 9.93. The number of hydrogen-bond donors (Lipinski definition) is 1. The van der Waals surface area contributed by atoms with Gasteiger partial charge in [-0.3, -0.25) is 4.90 Å². The van der Waals surface area contributed by atoms with Gasteiger partial charge in [0, 0.05) is 19.7 Å². The van der Waals surface area contributed by atoms with Crippen molar-refractivity contribution in [3.05, 3.63) is 0 Å². The fraction of sp³-hybridized carbons (Fsp3) is 0.923. The molecule has 18 heavy (non-hydrogen) atoms. The van der Waals surface area contributed by atoms with E-state index >= 15 is 0 Å². The van der Waals surface area contributed by atoms with Crippen LogP contribution in [0.5, 0.6) is 0 Å². The molecule has 0 aromatic heterocycles. The fourth-order valence-corrected chi connectivity index (χ4v) is 2.16. The number of hydrogen-bond acceptors (Lipinski definition) is 5. The van der Waals surface area contributed by atoms with Gasteiger partial charge in [0.15, 0.2) is 0 Å². The molecule has 0 amide bonds. The molecule has 1 saturated carbocycles. The molecule has 1 fully saturated rings. The van der Waals surface area contributed by atoms with Crippen molar-refractivity contribution in [3.63, 3.8) is 0 Å². The summed E-state index contributed by atoms with van der Waals surface area (Å²) in [5, 5.41) is 0. The first-order valence-corrected chi connectivity index (χ1v) is 6.61. The number of esters is 1. The van der Waals surface area contributed by atoms with Gasteiger partial charge >= 0.3 is 5.97 Å². The Labute approximate surface area is 110 Å². The summed E-state index contributed by atoms with van der Waals surface area (Å²) < 4.78 is 10.3. The van der Waals surface area contributed by atoms with Crippen molar-refractivity contribution in [2.45, 2.75) is 38.3 Å². The van der Waals surface area contributed by atoms with Gasteiger partial charge in [-0.1, -0.05) is 0 Å². The predicted octanol–water partition coefficient (Wildman–Crippen LogP) is 0.624. The van der Waals surface area contributed by atoms with Crippen LogP contribution < -0.4 is 5.73 Å². The van der Waals surface area contributed by atoms with Crippen molar-refractivity contribution < 1.29 is 14.3 Å². The SMILES string of the molecule is CCOC(=O)C(N)(CN(C)C(C)COC)C1CC1. The van der Waals surface area contributed by atoms with E-state index in [0.717, 1.165) is 12.8 Å². The summed E-state index contributed by atoms with van der Waals surface area (Å²) in [5.41, 5.74) is 5.44. The van der Waals surface area contributed by atoms with E-state index in [-0.39, 0.29) is 17.9 Å². The zero-order valence-corrected chi connectivity index (χ0v) is 11.9. The Morgan fingerprint density at radius 3 is 2.61 bits per heavy atom. The van der Waals surface area contributed by atoms with Crippen LogP contribution in [0.15, 0.2) is 0 Å². The van der Waals surface area contributed by atoms with Crippen molar-refractivity contribution in [2.75, 3.05) is 33.9 Å².